The fraction of sp³-hybridized carbons (Fsp3) is 0.424. The third-order valence-electron chi connectivity index (χ3n) is 6.50. The second-order valence-electron chi connectivity index (χ2n) is 9.84. The van der Waals surface area contributed by atoms with Crippen molar-refractivity contribution in [3.8, 4) is 0 Å². The van der Waals surface area contributed by atoms with Gasteiger partial charge in [0.15, 0.2) is 0 Å². The molecule has 5 nitrogen and oxygen atoms in total. The van der Waals surface area contributed by atoms with Crippen molar-refractivity contribution in [2.75, 3.05) is 0 Å². The van der Waals surface area contributed by atoms with E-state index in [0.717, 1.165) is 22.3 Å². The summed E-state index contributed by atoms with van der Waals surface area (Å²) < 4.78 is 12.2. The van der Waals surface area contributed by atoms with E-state index in [0.29, 0.717) is 26.1 Å². The molecule has 2 aromatic carbocycles. The van der Waals surface area contributed by atoms with Crippen LogP contribution in [0.2, 0.25) is 0 Å². The number of ether oxygens (including phenoxy) is 2. The predicted octanol–water partition coefficient (Wildman–Crippen LogP) is 6.88. The summed E-state index contributed by atoms with van der Waals surface area (Å²) in [6, 6.07) is 19.7. The van der Waals surface area contributed by atoms with Gasteiger partial charge < -0.3 is 19.7 Å². The lowest BCUT2D eigenvalue weighted by molar-refractivity contribution is -0.145. The van der Waals surface area contributed by atoms with E-state index in [-0.39, 0.29) is 12.0 Å². The minimum absolute atomic E-state index is 0.0965. The van der Waals surface area contributed by atoms with Gasteiger partial charge in [-0.2, -0.15) is 0 Å². The first-order chi connectivity index (χ1) is 18.2. The molecule has 0 saturated carbocycles. The van der Waals surface area contributed by atoms with Crippen molar-refractivity contribution in [3.63, 3.8) is 0 Å². The summed E-state index contributed by atoms with van der Waals surface area (Å²) >= 11 is 0. The van der Waals surface area contributed by atoms with Crippen LogP contribution in [-0.2, 0) is 27.5 Å². The Bertz CT molecular complexity index is 1110. The zero-order chi connectivity index (χ0) is 27.9. The van der Waals surface area contributed by atoms with Gasteiger partial charge in [-0.1, -0.05) is 74.5 Å². The number of carboxylic acids is 1. The van der Waals surface area contributed by atoms with Crippen LogP contribution >= 0.6 is 0 Å². The zero-order valence-electron chi connectivity index (χ0n) is 23.3. The highest BCUT2D eigenvalue weighted by Gasteiger charge is 2.22. The third-order valence-corrected chi connectivity index (χ3v) is 6.50. The fourth-order valence-corrected chi connectivity index (χ4v) is 3.89. The molecule has 38 heavy (non-hydrogen) atoms. The summed E-state index contributed by atoms with van der Waals surface area (Å²) in [5.41, 5.74) is 10.3. The second-order valence-corrected chi connectivity index (χ2v) is 9.84. The quantitative estimate of drug-likeness (QED) is 0.251. The Morgan fingerprint density at radius 1 is 0.868 bits per heavy atom. The molecule has 0 heterocycles. The molecule has 0 aliphatic heterocycles. The summed E-state index contributed by atoms with van der Waals surface area (Å²) in [6.07, 6.45) is 3.59. The van der Waals surface area contributed by atoms with Crippen molar-refractivity contribution in [1.82, 2.24) is 0 Å². The molecule has 204 valence electrons. The molecular weight excluding hydrogens is 476 g/mol. The van der Waals surface area contributed by atoms with Gasteiger partial charge >= 0.3 is 5.97 Å². The Morgan fingerprint density at radius 3 is 1.87 bits per heavy atom. The van der Waals surface area contributed by atoms with Gasteiger partial charge in [0.25, 0.3) is 0 Å². The molecular formula is C33H42O5. The fourth-order valence-electron chi connectivity index (χ4n) is 3.89. The number of hydrogen-bond acceptors (Lipinski definition) is 4. The van der Waals surface area contributed by atoms with Crippen molar-refractivity contribution in [1.29, 1.82) is 0 Å². The van der Waals surface area contributed by atoms with Crippen molar-refractivity contribution in [2.24, 2.45) is 11.8 Å². The Kier molecular flexibility index (Phi) is 13.6. The molecule has 0 amide bonds. The maximum Gasteiger partial charge on any atom is 0.309 e. The van der Waals surface area contributed by atoms with Crippen molar-refractivity contribution in [3.05, 3.63) is 107 Å². The number of hydrogen-bond donors (Lipinski definition) is 2. The minimum atomic E-state index is -0.914. The summed E-state index contributed by atoms with van der Waals surface area (Å²) in [7, 11) is 0. The summed E-state index contributed by atoms with van der Waals surface area (Å²) in [6.45, 7) is 10.3. The molecule has 0 aromatic heterocycles. The molecule has 2 N–H and O–H groups in total. The highest BCUT2D eigenvalue weighted by Crippen LogP contribution is 2.21. The van der Waals surface area contributed by atoms with E-state index in [2.05, 4.69) is 18.4 Å². The molecule has 0 aliphatic carbocycles. The van der Waals surface area contributed by atoms with Gasteiger partial charge in [-0.05, 0) is 74.0 Å². The van der Waals surface area contributed by atoms with Crippen LogP contribution < -0.4 is 0 Å². The van der Waals surface area contributed by atoms with E-state index in [1.54, 1.807) is 13.0 Å². The lowest BCUT2D eigenvalue weighted by Crippen LogP contribution is -2.26. The standard InChI is InChI=1S/C33H42O5/c1-6-30(34)25(3)18-20-31(37-22-28-13-9-7-10-14-28)26(4)21-24(2)17-19-32(27(5)33(35)36)38-23-29-15-11-8-12-16-29/h7-16,19-20,26-27,30-32,34H,6,21-23H2,1-5H3,(H,35,36)/t17?,18?,26-,27+,30-,31-,32+/m1/s1. The smallest absolute Gasteiger partial charge is 0.309 e. The van der Waals surface area contributed by atoms with E-state index in [1.165, 1.54) is 0 Å². The number of aliphatic hydroxyl groups excluding tert-OH is 1. The molecule has 2 aromatic rings. The molecule has 0 saturated heterocycles. The van der Waals surface area contributed by atoms with Gasteiger partial charge in [-0.25, -0.2) is 0 Å². The Morgan fingerprint density at radius 2 is 1.37 bits per heavy atom. The highest BCUT2D eigenvalue weighted by atomic mass is 16.5. The van der Waals surface area contributed by atoms with E-state index in [4.69, 9.17) is 9.47 Å². The summed E-state index contributed by atoms with van der Waals surface area (Å²) in [5, 5.41) is 19.7. The van der Waals surface area contributed by atoms with Gasteiger partial charge in [-0.3, -0.25) is 4.79 Å². The first kappa shape index (κ1) is 31.1. The van der Waals surface area contributed by atoms with Crippen LogP contribution in [-0.4, -0.2) is 34.5 Å². The van der Waals surface area contributed by atoms with Gasteiger partial charge in [0, 0.05) is 0 Å². The molecule has 0 spiro atoms. The summed E-state index contributed by atoms with van der Waals surface area (Å²) in [5.74, 6) is -1.53. The molecule has 0 radical (unpaired) electrons. The van der Waals surface area contributed by atoms with E-state index < -0.39 is 24.1 Å². The van der Waals surface area contributed by atoms with Crippen LogP contribution in [0.15, 0.2) is 95.4 Å². The molecule has 5 atom stereocenters. The monoisotopic (exact) mass is 518 g/mol. The topological polar surface area (TPSA) is 76.0 Å². The van der Waals surface area contributed by atoms with E-state index in [1.807, 2.05) is 87.5 Å². The second kappa shape index (κ2) is 16.6. The lowest BCUT2D eigenvalue weighted by Gasteiger charge is -2.21. The Hall–Kier alpha value is -3.17. The van der Waals surface area contributed by atoms with Gasteiger partial charge in [0.2, 0.25) is 0 Å². The molecule has 0 fully saturated rings. The maximum atomic E-state index is 11.7. The first-order valence-electron chi connectivity index (χ1n) is 13.3. The minimum Gasteiger partial charge on any atom is -0.481 e. The SMILES string of the molecule is CC[C@@H](O)C(C)=C=C[C@@H](OCc1ccccc1)[C@H](C)CC(C)=C=C[C@H](OCc1ccccc1)[C@H](C)C(=O)O. The van der Waals surface area contributed by atoms with Crippen LogP contribution in [0.25, 0.3) is 0 Å². The number of rotatable bonds is 15. The first-order valence-corrected chi connectivity index (χ1v) is 13.3. The Balaban J connectivity index is 2.18. The largest absolute Gasteiger partial charge is 0.481 e. The van der Waals surface area contributed by atoms with E-state index in [9.17, 15) is 15.0 Å². The summed E-state index contributed by atoms with van der Waals surface area (Å²) in [4.78, 5) is 11.7. The molecule has 0 aliphatic rings. The van der Waals surface area contributed by atoms with Crippen LogP contribution in [0.4, 0.5) is 0 Å². The average Bonchev–Trinajstić information content (AvgIpc) is 2.93. The zero-order valence-corrected chi connectivity index (χ0v) is 23.3. The maximum absolute atomic E-state index is 11.7. The van der Waals surface area contributed by atoms with Gasteiger partial charge in [-0.15, -0.1) is 11.5 Å². The van der Waals surface area contributed by atoms with Crippen LogP contribution in [0.3, 0.4) is 0 Å². The molecule has 0 unspecified atom stereocenters. The van der Waals surface area contributed by atoms with Crippen LogP contribution in [0.5, 0.6) is 0 Å². The van der Waals surface area contributed by atoms with Crippen LogP contribution in [0, 0.1) is 11.8 Å². The normalized spacial score (nSPS) is 14.7. The van der Waals surface area contributed by atoms with Crippen molar-refractivity contribution >= 4 is 5.97 Å². The molecule has 2 rings (SSSR count). The number of aliphatic hydroxyl groups is 1. The van der Waals surface area contributed by atoms with Crippen molar-refractivity contribution < 1.29 is 24.5 Å². The predicted molar refractivity (Wildman–Crippen MR) is 151 cm³/mol. The molecule has 5 heteroatoms. The van der Waals surface area contributed by atoms with E-state index >= 15 is 0 Å². The number of aliphatic carboxylic acids is 1. The lowest BCUT2D eigenvalue weighted by atomic mass is 9.95. The average molecular weight is 519 g/mol. The molecule has 0 bridgehead atoms. The number of carboxylic acid groups (broad SMARTS) is 1. The number of benzene rings is 2. The van der Waals surface area contributed by atoms with Gasteiger partial charge in [0.05, 0.1) is 37.4 Å². The number of carbonyl (C=O) groups is 1. The third kappa shape index (κ3) is 11.1. The van der Waals surface area contributed by atoms with Crippen LogP contribution in [0.1, 0.15) is 58.6 Å². The highest BCUT2D eigenvalue weighted by molar-refractivity contribution is 5.70. The van der Waals surface area contributed by atoms with Gasteiger partial charge in [0.1, 0.15) is 0 Å². The Labute approximate surface area is 227 Å². The van der Waals surface area contributed by atoms with Crippen molar-refractivity contribution in [2.45, 2.75) is 79.0 Å².